The van der Waals surface area contributed by atoms with Crippen LogP contribution in [-0.4, -0.2) is 6.04 Å². The maximum atomic E-state index is 3.83. The van der Waals surface area contributed by atoms with Crippen molar-refractivity contribution in [1.29, 1.82) is 0 Å². The Labute approximate surface area is 176 Å². The first kappa shape index (κ1) is 22.3. The quantitative estimate of drug-likeness (QED) is 0.506. The first-order valence-electron chi connectivity index (χ1n) is 10.5. The number of hydrogen-bond acceptors (Lipinski definition) is 2. The van der Waals surface area contributed by atoms with E-state index in [9.17, 15) is 0 Å². The Balaban J connectivity index is 0.00000145. The zero-order chi connectivity index (χ0) is 21.1. The zero-order valence-electron chi connectivity index (χ0n) is 18.0. The predicted octanol–water partition coefficient (Wildman–Crippen LogP) is 6.76. The number of allylic oxidation sites excluding steroid dienone is 7. The highest BCUT2D eigenvalue weighted by atomic mass is 15.1. The van der Waals surface area contributed by atoms with Gasteiger partial charge in [-0.1, -0.05) is 87.7 Å². The molecule has 2 nitrogen and oxygen atoms in total. The maximum Gasteiger partial charge on any atom is 0.103 e. The molecule has 0 spiro atoms. The van der Waals surface area contributed by atoms with Gasteiger partial charge in [0.15, 0.2) is 0 Å². The molecule has 2 N–H and O–H groups in total. The van der Waals surface area contributed by atoms with Crippen LogP contribution in [0.1, 0.15) is 50.7 Å². The number of hydrogen-bond donors (Lipinski definition) is 2. The summed E-state index contributed by atoms with van der Waals surface area (Å²) in [7, 11) is 0. The van der Waals surface area contributed by atoms with Gasteiger partial charge in [-0.3, -0.25) is 0 Å². The van der Waals surface area contributed by atoms with Crippen molar-refractivity contribution < 1.29 is 0 Å². The van der Waals surface area contributed by atoms with Crippen LogP contribution in [0.3, 0.4) is 0 Å². The number of rotatable bonds is 7. The molecule has 2 heteroatoms. The van der Waals surface area contributed by atoms with Crippen LogP contribution in [0.2, 0.25) is 0 Å². The molecular formula is C27H34N2. The third kappa shape index (κ3) is 6.53. The molecule has 0 saturated heterocycles. The predicted molar refractivity (Wildman–Crippen MR) is 128 cm³/mol. The standard InChI is InChI=1S/C25H28N2.C2H6/c1-4-6-8-13-25-26-17-16-24(27-25)23(12-7-5-2)19(3)21-10-9-11-22(18-21)20-14-15-20;1-2/h4-13,16-18,20,24,26-27H,1-2,14-15H2,3H3;1-2H3/b8-6+,12-7-,23-19-,25-13+;. The van der Waals surface area contributed by atoms with Crippen LogP contribution in [0.4, 0.5) is 0 Å². The lowest BCUT2D eigenvalue weighted by Crippen LogP contribution is -2.37. The summed E-state index contributed by atoms with van der Waals surface area (Å²) < 4.78 is 0. The van der Waals surface area contributed by atoms with E-state index in [4.69, 9.17) is 0 Å². The van der Waals surface area contributed by atoms with E-state index in [1.165, 1.54) is 35.1 Å². The van der Waals surface area contributed by atoms with Gasteiger partial charge in [-0.25, -0.2) is 0 Å². The molecule has 152 valence electrons. The molecule has 1 aromatic carbocycles. The van der Waals surface area contributed by atoms with Crippen molar-refractivity contribution in [1.82, 2.24) is 10.6 Å². The molecule has 1 saturated carbocycles. The van der Waals surface area contributed by atoms with E-state index in [1.807, 2.05) is 50.4 Å². The molecule has 29 heavy (non-hydrogen) atoms. The fourth-order valence-corrected chi connectivity index (χ4v) is 3.24. The van der Waals surface area contributed by atoms with Gasteiger partial charge in [0.25, 0.3) is 0 Å². The molecule has 0 aromatic heterocycles. The number of nitrogens with one attached hydrogen (secondary N) is 2. The summed E-state index contributed by atoms with van der Waals surface area (Å²) in [4.78, 5) is 0. The molecule has 1 atom stereocenters. The fourth-order valence-electron chi connectivity index (χ4n) is 3.24. The summed E-state index contributed by atoms with van der Waals surface area (Å²) in [5.41, 5.74) is 5.26. The summed E-state index contributed by atoms with van der Waals surface area (Å²) in [6, 6.07) is 9.08. The summed E-state index contributed by atoms with van der Waals surface area (Å²) in [6.45, 7) is 13.7. The first-order valence-corrected chi connectivity index (χ1v) is 10.5. The van der Waals surface area contributed by atoms with Crippen molar-refractivity contribution in [2.24, 2.45) is 0 Å². The molecule has 1 aromatic rings. The van der Waals surface area contributed by atoms with Crippen LogP contribution in [-0.2, 0) is 0 Å². The van der Waals surface area contributed by atoms with Gasteiger partial charge in [-0.05, 0) is 60.1 Å². The molecule has 1 fully saturated rings. The third-order valence-corrected chi connectivity index (χ3v) is 4.90. The summed E-state index contributed by atoms with van der Waals surface area (Å²) in [5.74, 6) is 1.72. The van der Waals surface area contributed by atoms with E-state index in [2.05, 4.69) is 67.1 Å². The Morgan fingerprint density at radius 1 is 1.07 bits per heavy atom. The molecule has 1 aliphatic carbocycles. The highest BCUT2D eigenvalue weighted by molar-refractivity contribution is 5.72. The van der Waals surface area contributed by atoms with Gasteiger partial charge in [0.05, 0.1) is 6.04 Å². The summed E-state index contributed by atoms with van der Waals surface area (Å²) in [6.07, 6.45) is 20.4. The molecule has 1 unspecified atom stereocenters. The maximum absolute atomic E-state index is 3.83. The molecule has 0 amide bonds. The Hall–Kier alpha value is -3.00. The lowest BCUT2D eigenvalue weighted by Gasteiger charge is -2.26. The zero-order valence-corrected chi connectivity index (χ0v) is 18.0. The number of benzene rings is 1. The molecule has 3 rings (SSSR count). The average molecular weight is 387 g/mol. The normalized spacial score (nSPS) is 20.5. The van der Waals surface area contributed by atoms with Crippen molar-refractivity contribution in [3.8, 4) is 0 Å². The topological polar surface area (TPSA) is 24.1 Å². The second-order valence-corrected chi connectivity index (χ2v) is 6.90. The molecule has 0 radical (unpaired) electrons. The van der Waals surface area contributed by atoms with Gasteiger partial charge in [-0.15, -0.1) is 0 Å². The third-order valence-electron chi connectivity index (χ3n) is 4.90. The fraction of sp³-hybridized carbons (Fsp3) is 0.259. The van der Waals surface area contributed by atoms with Crippen molar-refractivity contribution >= 4 is 5.57 Å². The van der Waals surface area contributed by atoms with Crippen LogP contribution in [0, 0.1) is 0 Å². The van der Waals surface area contributed by atoms with Crippen molar-refractivity contribution in [3.63, 3.8) is 0 Å². The molecule has 1 aliphatic heterocycles. The minimum atomic E-state index is 0.0930. The minimum absolute atomic E-state index is 0.0930. The Bertz CT molecular complexity index is 845. The smallest absolute Gasteiger partial charge is 0.103 e. The van der Waals surface area contributed by atoms with Crippen LogP contribution in [0.5, 0.6) is 0 Å². The average Bonchev–Trinajstić information content (AvgIpc) is 3.61. The lowest BCUT2D eigenvalue weighted by atomic mass is 9.93. The van der Waals surface area contributed by atoms with Gasteiger partial charge in [0.2, 0.25) is 0 Å². The van der Waals surface area contributed by atoms with Gasteiger partial charge < -0.3 is 10.6 Å². The van der Waals surface area contributed by atoms with Crippen molar-refractivity contribution in [2.45, 2.75) is 45.6 Å². The molecule has 2 aliphatic rings. The van der Waals surface area contributed by atoms with Gasteiger partial charge >= 0.3 is 0 Å². The second kappa shape index (κ2) is 11.8. The van der Waals surface area contributed by atoms with E-state index >= 15 is 0 Å². The van der Waals surface area contributed by atoms with Crippen molar-refractivity contribution in [2.75, 3.05) is 0 Å². The van der Waals surface area contributed by atoms with Crippen LogP contribution < -0.4 is 10.6 Å². The Morgan fingerprint density at radius 2 is 1.83 bits per heavy atom. The molecule has 0 bridgehead atoms. The van der Waals surface area contributed by atoms with E-state index in [-0.39, 0.29) is 6.04 Å². The van der Waals surface area contributed by atoms with Crippen LogP contribution in [0.25, 0.3) is 5.57 Å². The van der Waals surface area contributed by atoms with Crippen molar-refractivity contribution in [3.05, 3.63) is 115 Å². The molecule has 1 heterocycles. The van der Waals surface area contributed by atoms with E-state index in [0.717, 1.165) is 11.7 Å². The highest BCUT2D eigenvalue weighted by Crippen LogP contribution is 2.40. The summed E-state index contributed by atoms with van der Waals surface area (Å²) >= 11 is 0. The lowest BCUT2D eigenvalue weighted by molar-refractivity contribution is 0.686. The van der Waals surface area contributed by atoms with Crippen LogP contribution >= 0.6 is 0 Å². The first-order chi connectivity index (χ1) is 14.2. The van der Waals surface area contributed by atoms with Gasteiger partial charge in [0.1, 0.15) is 5.82 Å². The highest BCUT2D eigenvalue weighted by Gasteiger charge is 2.24. The van der Waals surface area contributed by atoms with Gasteiger partial charge in [0, 0.05) is 6.20 Å². The van der Waals surface area contributed by atoms with E-state index in [0.29, 0.717) is 0 Å². The van der Waals surface area contributed by atoms with E-state index < -0.39 is 0 Å². The second-order valence-electron chi connectivity index (χ2n) is 6.90. The minimum Gasteiger partial charge on any atom is -0.361 e. The van der Waals surface area contributed by atoms with Crippen LogP contribution in [0.15, 0.2) is 104 Å². The Morgan fingerprint density at radius 3 is 2.52 bits per heavy atom. The SMILES string of the molecule is C=C/C=C\C(=C(/C)c1cccc(C2CC2)c1)C1C=CN/C(=C\C=C\C=C)N1.CC. The van der Waals surface area contributed by atoms with Gasteiger partial charge in [-0.2, -0.15) is 0 Å². The summed E-state index contributed by atoms with van der Waals surface area (Å²) in [5, 5.41) is 6.80. The Kier molecular flexibility index (Phi) is 9.04. The van der Waals surface area contributed by atoms with E-state index in [1.54, 1.807) is 6.08 Å². The largest absolute Gasteiger partial charge is 0.361 e. The molecular weight excluding hydrogens is 352 g/mol. The monoisotopic (exact) mass is 386 g/mol.